The van der Waals surface area contributed by atoms with Crippen LogP contribution in [0.15, 0.2) is 30.5 Å². The predicted molar refractivity (Wildman–Crippen MR) is 157 cm³/mol. The Balaban J connectivity index is 0.00000152. The molecule has 0 atom stereocenters. The number of nitrogens with zero attached hydrogens (tertiary/aromatic N) is 4. The van der Waals surface area contributed by atoms with Crippen LogP contribution >= 0.6 is 48.6 Å². The van der Waals surface area contributed by atoms with Gasteiger partial charge in [-0.1, -0.05) is 6.07 Å². The van der Waals surface area contributed by atoms with Crippen LogP contribution in [0, 0.1) is 6.92 Å². The average Bonchev–Trinajstić information content (AvgIpc) is 3.52. The van der Waals surface area contributed by atoms with Crippen LogP contribution < -0.4 is 10.6 Å². The molecule has 0 unspecified atom stereocenters. The normalized spacial score (nSPS) is 15.9. The summed E-state index contributed by atoms with van der Waals surface area (Å²) >= 11 is 1.68. The largest absolute Gasteiger partial charge is 0.354 e. The van der Waals surface area contributed by atoms with Gasteiger partial charge in [0.15, 0.2) is 0 Å². The summed E-state index contributed by atoms with van der Waals surface area (Å²) < 4.78 is 1.10. The Morgan fingerprint density at radius 3 is 2.61 bits per heavy atom. The molecule has 2 aromatic heterocycles. The van der Waals surface area contributed by atoms with Crippen molar-refractivity contribution in [3.63, 3.8) is 0 Å². The zero-order valence-electron chi connectivity index (χ0n) is 20.7. The standard InChI is InChI=1S/C25H32N6OS.3ClH/c1-17-16-27-25(26-9-4-10-31-13-11-30(2)12-14-31)29-23(17)22-15-20-19(5-3-6-21(20)33-22)24(32)28-18-7-8-18;;;/h3,5-6,15-16,18H,4,7-14H2,1-2H3,(H,28,32)(H,26,27,29);3*1H. The van der Waals surface area contributed by atoms with Crippen molar-refractivity contribution in [2.75, 3.05) is 51.6 Å². The minimum absolute atomic E-state index is 0. The number of hydrogen-bond donors (Lipinski definition) is 2. The van der Waals surface area contributed by atoms with E-state index >= 15 is 0 Å². The molecule has 36 heavy (non-hydrogen) atoms. The van der Waals surface area contributed by atoms with Crippen molar-refractivity contribution >= 4 is 70.5 Å². The molecule has 2 aliphatic rings. The summed E-state index contributed by atoms with van der Waals surface area (Å²) in [6.45, 7) is 8.59. The number of carbonyl (C=O) groups is 1. The van der Waals surface area contributed by atoms with E-state index in [0.29, 0.717) is 12.0 Å². The van der Waals surface area contributed by atoms with Crippen LogP contribution in [0.5, 0.6) is 0 Å². The maximum Gasteiger partial charge on any atom is 0.252 e. The SMILES string of the molecule is Cc1cnc(NCCCN2CCN(C)CC2)nc1-c1cc2c(C(=O)NC3CC3)cccc2s1.Cl.Cl.Cl. The highest BCUT2D eigenvalue weighted by Gasteiger charge is 2.25. The molecule has 198 valence electrons. The van der Waals surface area contributed by atoms with Crippen molar-refractivity contribution in [3.8, 4) is 10.6 Å². The molecule has 1 aromatic carbocycles. The van der Waals surface area contributed by atoms with Crippen molar-refractivity contribution in [1.82, 2.24) is 25.1 Å². The first-order chi connectivity index (χ1) is 16.1. The molecular weight excluding hydrogens is 539 g/mol. The summed E-state index contributed by atoms with van der Waals surface area (Å²) in [4.78, 5) is 28.0. The fourth-order valence-electron chi connectivity index (χ4n) is 4.22. The Morgan fingerprint density at radius 2 is 1.89 bits per heavy atom. The zero-order valence-corrected chi connectivity index (χ0v) is 23.9. The Morgan fingerprint density at radius 1 is 1.14 bits per heavy atom. The van der Waals surface area contributed by atoms with Crippen LogP contribution in [0.25, 0.3) is 20.7 Å². The lowest BCUT2D eigenvalue weighted by Crippen LogP contribution is -2.44. The summed E-state index contributed by atoms with van der Waals surface area (Å²) in [7, 11) is 2.19. The van der Waals surface area contributed by atoms with Crippen molar-refractivity contribution < 1.29 is 4.79 Å². The van der Waals surface area contributed by atoms with Gasteiger partial charge in [0.1, 0.15) is 0 Å². The summed E-state index contributed by atoms with van der Waals surface area (Å²) in [6, 6.07) is 8.40. The Hall–Kier alpha value is -1.68. The second kappa shape index (κ2) is 13.7. The smallest absolute Gasteiger partial charge is 0.252 e. The fourth-order valence-corrected chi connectivity index (χ4v) is 5.36. The lowest BCUT2D eigenvalue weighted by molar-refractivity contribution is 0.0953. The second-order valence-electron chi connectivity index (χ2n) is 9.23. The number of thiophene rings is 1. The monoisotopic (exact) mass is 572 g/mol. The molecule has 1 aliphatic heterocycles. The molecule has 3 aromatic rings. The van der Waals surface area contributed by atoms with Crippen LogP contribution in [0.4, 0.5) is 5.95 Å². The lowest BCUT2D eigenvalue weighted by atomic mass is 10.1. The Labute approximate surface area is 235 Å². The Kier molecular flexibility index (Phi) is 11.7. The predicted octanol–water partition coefficient (Wildman–Crippen LogP) is 4.87. The van der Waals surface area contributed by atoms with E-state index in [9.17, 15) is 4.79 Å². The van der Waals surface area contributed by atoms with Crippen LogP contribution in [0.3, 0.4) is 0 Å². The summed E-state index contributed by atoms with van der Waals surface area (Å²) in [5.41, 5.74) is 2.71. The molecule has 7 nitrogen and oxygen atoms in total. The first kappa shape index (κ1) is 30.5. The van der Waals surface area contributed by atoms with Gasteiger partial charge in [-0.2, -0.15) is 0 Å². The molecule has 0 spiro atoms. The molecule has 1 aliphatic carbocycles. The number of rotatable bonds is 8. The molecule has 3 heterocycles. The number of piperazine rings is 1. The summed E-state index contributed by atoms with van der Waals surface area (Å²) in [6.07, 6.45) is 5.12. The van der Waals surface area contributed by atoms with E-state index in [0.717, 1.165) is 90.3 Å². The number of nitrogens with one attached hydrogen (secondary N) is 2. The van der Waals surface area contributed by atoms with Gasteiger partial charge in [-0.3, -0.25) is 4.79 Å². The topological polar surface area (TPSA) is 73.4 Å². The number of aromatic nitrogens is 2. The van der Waals surface area contributed by atoms with Gasteiger partial charge in [-0.15, -0.1) is 48.6 Å². The average molecular weight is 574 g/mol. The van der Waals surface area contributed by atoms with E-state index in [-0.39, 0.29) is 43.1 Å². The molecule has 1 saturated carbocycles. The van der Waals surface area contributed by atoms with Gasteiger partial charge in [0.25, 0.3) is 5.91 Å². The number of likely N-dealkylation sites (N-methyl/N-ethyl adjacent to an activating group) is 1. The number of anilines is 1. The lowest BCUT2D eigenvalue weighted by Gasteiger charge is -2.32. The molecule has 2 fully saturated rings. The fraction of sp³-hybridized carbons (Fsp3) is 0.480. The van der Waals surface area contributed by atoms with Crippen molar-refractivity contribution in [2.45, 2.75) is 32.2 Å². The first-order valence-corrected chi connectivity index (χ1v) is 12.7. The molecule has 5 rings (SSSR count). The number of carbonyl (C=O) groups excluding carboxylic acids is 1. The maximum absolute atomic E-state index is 12.7. The van der Waals surface area contributed by atoms with E-state index in [4.69, 9.17) is 4.98 Å². The third-order valence-electron chi connectivity index (χ3n) is 6.45. The number of amides is 1. The van der Waals surface area contributed by atoms with E-state index in [1.54, 1.807) is 11.3 Å². The second-order valence-corrected chi connectivity index (χ2v) is 10.3. The molecule has 1 amide bonds. The molecule has 2 N–H and O–H groups in total. The molecule has 11 heteroatoms. The van der Waals surface area contributed by atoms with Gasteiger partial charge >= 0.3 is 0 Å². The molecular formula is C25H35Cl3N6OS. The molecule has 0 bridgehead atoms. The highest BCUT2D eigenvalue weighted by atomic mass is 35.5. The van der Waals surface area contributed by atoms with Gasteiger partial charge in [0.05, 0.1) is 10.6 Å². The van der Waals surface area contributed by atoms with Crippen molar-refractivity contribution in [2.24, 2.45) is 0 Å². The van der Waals surface area contributed by atoms with Gasteiger partial charge in [0.2, 0.25) is 5.95 Å². The van der Waals surface area contributed by atoms with Gasteiger partial charge in [-0.05, 0) is 63.5 Å². The molecule has 1 saturated heterocycles. The van der Waals surface area contributed by atoms with Crippen LogP contribution in [-0.4, -0.2) is 78.0 Å². The minimum atomic E-state index is 0. The van der Waals surface area contributed by atoms with Gasteiger partial charge in [-0.25, -0.2) is 9.97 Å². The number of aryl methyl sites for hydroxylation is 1. The van der Waals surface area contributed by atoms with E-state index in [2.05, 4.69) is 44.6 Å². The van der Waals surface area contributed by atoms with Crippen LogP contribution in [0.1, 0.15) is 35.2 Å². The number of benzene rings is 1. The zero-order chi connectivity index (χ0) is 22.8. The van der Waals surface area contributed by atoms with E-state index < -0.39 is 0 Å². The number of hydrogen-bond acceptors (Lipinski definition) is 7. The van der Waals surface area contributed by atoms with E-state index in [1.165, 1.54) is 0 Å². The quantitative estimate of drug-likeness (QED) is 0.375. The molecule has 0 radical (unpaired) electrons. The third kappa shape index (κ3) is 7.43. The van der Waals surface area contributed by atoms with Crippen LogP contribution in [0.2, 0.25) is 0 Å². The number of fused-ring (bicyclic) bond motifs is 1. The van der Waals surface area contributed by atoms with Crippen molar-refractivity contribution in [1.29, 1.82) is 0 Å². The summed E-state index contributed by atoms with van der Waals surface area (Å²) in [5, 5.41) is 7.51. The maximum atomic E-state index is 12.7. The van der Waals surface area contributed by atoms with Crippen LogP contribution in [-0.2, 0) is 0 Å². The minimum Gasteiger partial charge on any atom is -0.354 e. The highest BCUT2D eigenvalue weighted by Crippen LogP contribution is 2.36. The Bertz CT molecular complexity index is 1150. The number of halogens is 3. The van der Waals surface area contributed by atoms with E-state index in [1.807, 2.05) is 25.3 Å². The first-order valence-electron chi connectivity index (χ1n) is 11.9. The van der Waals surface area contributed by atoms with Crippen molar-refractivity contribution in [3.05, 3.63) is 41.6 Å². The highest BCUT2D eigenvalue weighted by molar-refractivity contribution is 7.22. The van der Waals surface area contributed by atoms with Gasteiger partial charge < -0.3 is 20.4 Å². The summed E-state index contributed by atoms with van der Waals surface area (Å²) in [5.74, 6) is 0.688. The third-order valence-corrected chi connectivity index (χ3v) is 7.56. The van der Waals surface area contributed by atoms with Gasteiger partial charge in [0, 0.05) is 60.6 Å².